The number of anilines is 1. The molecule has 0 aromatic heterocycles. The lowest BCUT2D eigenvalue weighted by molar-refractivity contribution is -0.384. The van der Waals surface area contributed by atoms with Gasteiger partial charge in [-0.1, -0.05) is 40.2 Å². The predicted octanol–water partition coefficient (Wildman–Crippen LogP) is 5.32. The minimum absolute atomic E-state index is 0.0545. The second-order valence-corrected chi connectivity index (χ2v) is 7.10. The maximum atomic E-state index is 14.5. The molecule has 0 radical (unpaired) electrons. The molecule has 1 heterocycles. The molecule has 0 fully saturated rings. The van der Waals surface area contributed by atoms with E-state index in [9.17, 15) is 14.5 Å². The Morgan fingerprint density at radius 2 is 2.12 bits per heavy atom. The number of non-ortho nitro benzene ring substituents is 1. The Kier molecular flexibility index (Phi) is 3.64. The lowest BCUT2D eigenvalue weighted by atomic mass is 9.77. The van der Waals surface area contributed by atoms with Crippen molar-refractivity contribution in [1.82, 2.24) is 0 Å². The molecule has 1 aliphatic heterocycles. The molecule has 4 nitrogen and oxygen atoms in total. The fraction of sp³-hybridized carbons (Fsp3) is 0.222. The van der Waals surface area contributed by atoms with Crippen LogP contribution in [-0.2, 0) is 0 Å². The monoisotopic (exact) mass is 388 g/mol. The molecule has 4 rings (SSSR count). The first-order chi connectivity index (χ1) is 11.5. The zero-order valence-electron chi connectivity index (χ0n) is 12.6. The number of fused-ring (bicyclic) bond motifs is 3. The summed E-state index contributed by atoms with van der Waals surface area (Å²) in [6, 6.07) is 9.82. The molecular formula is C18H14BrFN2O2. The third-order valence-electron chi connectivity index (χ3n) is 4.83. The Balaban J connectivity index is 1.81. The van der Waals surface area contributed by atoms with Crippen molar-refractivity contribution < 1.29 is 9.31 Å². The van der Waals surface area contributed by atoms with E-state index in [0.29, 0.717) is 10.2 Å². The minimum atomic E-state index is -0.400. The van der Waals surface area contributed by atoms with Crippen molar-refractivity contribution in [3.05, 3.63) is 80.1 Å². The zero-order chi connectivity index (χ0) is 16.8. The van der Waals surface area contributed by atoms with Gasteiger partial charge in [0.25, 0.3) is 5.69 Å². The van der Waals surface area contributed by atoms with Crippen LogP contribution in [0.2, 0.25) is 0 Å². The van der Waals surface area contributed by atoms with Gasteiger partial charge in [0.15, 0.2) is 0 Å². The third-order valence-corrected chi connectivity index (χ3v) is 5.28. The molecule has 1 N–H and O–H groups in total. The van der Waals surface area contributed by atoms with Crippen LogP contribution in [0, 0.1) is 21.8 Å². The van der Waals surface area contributed by atoms with E-state index < -0.39 is 4.92 Å². The van der Waals surface area contributed by atoms with Crippen molar-refractivity contribution in [2.75, 3.05) is 5.32 Å². The van der Waals surface area contributed by atoms with Gasteiger partial charge in [0.05, 0.1) is 16.7 Å². The second kappa shape index (κ2) is 5.70. The number of halogens is 2. The molecular weight excluding hydrogens is 375 g/mol. The molecule has 0 saturated carbocycles. The van der Waals surface area contributed by atoms with Crippen molar-refractivity contribution in [1.29, 1.82) is 0 Å². The molecule has 6 heteroatoms. The highest BCUT2D eigenvalue weighted by Crippen LogP contribution is 2.51. The molecule has 2 aromatic rings. The van der Waals surface area contributed by atoms with Gasteiger partial charge in [0.1, 0.15) is 5.82 Å². The first-order valence-corrected chi connectivity index (χ1v) is 8.50. The standard InChI is InChI=1S/C18H14BrFN2O2/c19-11-8-15-13-5-2-6-14(13)17(21-18(15)16(20)9-11)10-3-1-4-12(7-10)22(23)24/h1-5,7-9,13-14,17,21H,6H2/t13-,14-,17+/m0/s1. The lowest BCUT2D eigenvalue weighted by Crippen LogP contribution is -2.29. The molecule has 0 unspecified atom stereocenters. The van der Waals surface area contributed by atoms with Crippen LogP contribution in [0.25, 0.3) is 0 Å². The fourth-order valence-electron chi connectivity index (χ4n) is 3.78. The zero-order valence-corrected chi connectivity index (χ0v) is 14.2. The summed E-state index contributed by atoms with van der Waals surface area (Å²) in [5, 5.41) is 14.3. The number of nitro groups is 1. The Bertz CT molecular complexity index is 868. The van der Waals surface area contributed by atoms with Gasteiger partial charge in [0, 0.05) is 22.5 Å². The van der Waals surface area contributed by atoms with E-state index in [4.69, 9.17) is 0 Å². The van der Waals surface area contributed by atoms with E-state index in [1.165, 1.54) is 12.1 Å². The number of rotatable bonds is 2. The average Bonchev–Trinajstić information content (AvgIpc) is 3.04. The topological polar surface area (TPSA) is 55.2 Å². The van der Waals surface area contributed by atoms with Gasteiger partial charge in [-0.3, -0.25) is 10.1 Å². The van der Waals surface area contributed by atoms with Gasteiger partial charge >= 0.3 is 0 Å². The summed E-state index contributed by atoms with van der Waals surface area (Å²) >= 11 is 3.36. The first kappa shape index (κ1) is 15.3. The summed E-state index contributed by atoms with van der Waals surface area (Å²) in [6.45, 7) is 0. The van der Waals surface area contributed by atoms with Crippen LogP contribution in [0.15, 0.2) is 53.0 Å². The number of hydrogen-bond acceptors (Lipinski definition) is 3. The van der Waals surface area contributed by atoms with Gasteiger partial charge < -0.3 is 5.32 Å². The first-order valence-electron chi connectivity index (χ1n) is 7.71. The summed E-state index contributed by atoms with van der Waals surface area (Å²) < 4.78 is 15.2. The van der Waals surface area contributed by atoms with Gasteiger partial charge in [-0.25, -0.2) is 4.39 Å². The summed E-state index contributed by atoms with van der Waals surface area (Å²) in [5.74, 6) is 0.0132. The third kappa shape index (κ3) is 2.41. The van der Waals surface area contributed by atoms with Crippen molar-refractivity contribution in [2.45, 2.75) is 18.4 Å². The van der Waals surface area contributed by atoms with E-state index in [-0.39, 0.29) is 29.4 Å². The Morgan fingerprint density at radius 3 is 2.92 bits per heavy atom. The smallest absolute Gasteiger partial charge is 0.269 e. The Labute approximate surface area is 146 Å². The van der Waals surface area contributed by atoms with Crippen molar-refractivity contribution >= 4 is 27.3 Å². The van der Waals surface area contributed by atoms with Gasteiger partial charge in [-0.2, -0.15) is 0 Å². The molecule has 2 aliphatic rings. The number of hydrogen-bond donors (Lipinski definition) is 1. The quantitative estimate of drug-likeness (QED) is 0.430. The molecule has 122 valence electrons. The van der Waals surface area contributed by atoms with Gasteiger partial charge in [-0.05, 0) is 35.6 Å². The Hall–Kier alpha value is -2.21. The van der Waals surface area contributed by atoms with Crippen LogP contribution < -0.4 is 5.32 Å². The fourth-order valence-corrected chi connectivity index (χ4v) is 4.23. The summed E-state index contributed by atoms with van der Waals surface area (Å²) in [4.78, 5) is 10.7. The summed E-state index contributed by atoms with van der Waals surface area (Å²) in [5.41, 5.74) is 2.29. The van der Waals surface area contributed by atoms with E-state index in [1.807, 2.05) is 12.1 Å². The highest BCUT2D eigenvalue weighted by atomic mass is 79.9. The SMILES string of the molecule is O=[N+]([O-])c1cccc([C@H]2Nc3c(F)cc(Br)cc3[C@H]3C=CC[C@@H]32)c1. The number of nitrogens with one attached hydrogen (secondary N) is 1. The maximum Gasteiger partial charge on any atom is 0.269 e. The van der Waals surface area contributed by atoms with Gasteiger partial charge in [-0.15, -0.1) is 0 Å². The second-order valence-electron chi connectivity index (χ2n) is 6.18. The van der Waals surface area contributed by atoms with Crippen LogP contribution in [0.5, 0.6) is 0 Å². The van der Waals surface area contributed by atoms with Crippen molar-refractivity contribution in [2.24, 2.45) is 5.92 Å². The van der Waals surface area contributed by atoms with Crippen LogP contribution in [0.1, 0.15) is 29.5 Å². The highest BCUT2D eigenvalue weighted by molar-refractivity contribution is 9.10. The van der Waals surface area contributed by atoms with Crippen molar-refractivity contribution in [3.8, 4) is 0 Å². The molecule has 3 atom stereocenters. The molecule has 0 amide bonds. The molecule has 0 spiro atoms. The lowest BCUT2D eigenvalue weighted by Gasteiger charge is -2.37. The van der Waals surface area contributed by atoms with E-state index >= 15 is 0 Å². The Morgan fingerprint density at radius 1 is 1.29 bits per heavy atom. The molecule has 24 heavy (non-hydrogen) atoms. The summed E-state index contributed by atoms with van der Waals surface area (Å²) in [6.07, 6.45) is 5.08. The highest BCUT2D eigenvalue weighted by Gasteiger charge is 2.39. The predicted molar refractivity (Wildman–Crippen MR) is 93.5 cm³/mol. The number of allylic oxidation sites excluding steroid dienone is 2. The van der Waals surface area contributed by atoms with E-state index in [2.05, 4.69) is 33.4 Å². The number of nitrogens with zero attached hydrogens (tertiary/aromatic N) is 1. The molecule has 0 bridgehead atoms. The maximum absolute atomic E-state index is 14.5. The van der Waals surface area contributed by atoms with E-state index in [1.54, 1.807) is 12.1 Å². The normalized spacial score (nSPS) is 24.2. The van der Waals surface area contributed by atoms with E-state index in [0.717, 1.165) is 17.5 Å². The average molecular weight is 389 g/mol. The minimum Gasteiger partial charge on any atom is -0.375 e. The number of benzene rings is 2. The van der Waals surface area contributed by atoms with Crippen molar-refractivity contribution in [3.63, 3.8) is 0 Å². The largest absolute Gasteiger partial charge is 0.375 e. The molecule has 0 saturated heterocycles. The van der Waals surface area contributed by atoms with Gasteiger partial charge in [0.2, 0.25) is 0 Å². The molecule has 2 aromatic carbocycles. The summed E-state index contributed by atoms with van der Waals surface area (Å²) in [7, 11) is 0. The van der Waals surface area contributed by atoms with Crippen LogP contribution in [0.3, 0.4) is 0 Å². The van der Waals surface area contributed by atoms with Crippen LogP contribution in [0.4, 0.5) is 15.8 Å². The van der Waals surface area contributed by atoms with Crippen LogP contribution in [-0.4, -0.2) is 4.92 Å². The number of nitro benzene ring substituents is 1. The molecule has 1 aliphatic carbocycles. The van der Waals surface area contributed by atoms with Crippen LogP contribution >= 0.6 is 15.9 Å².